The molecule has 4 aromatic rings. The van der Waals surface area contributed by atoms with Crippen LogP contribution in [0.2, 0.25) is 0 Å². The standard InChI is InChI=1S/C22H14N4O3S/c23-13-19(21(27)15-6-8-17(9-7-15)25-10-1-2-11-25)22-24-20(14-30-22)16-4-3-5-18(12-16)26(28)29/h1-12,14,19H. The Hall–Kier alpha value is -4.09. The molecule has 0 aliphatic rings. The summed E-state index contributed by atoms with van der Waals surface area (Å²) < 4.78 is 1.92. The van der Waals surface area contributed by atoms with Gasteiger partial charge in [-0.15, -0.1) is 11.3 Å². The second kappa shape index (κ2) is 8.11. The van der Waals surface area contributed by atoms with E-state index in [1.165, 1.54) is 23.5 Å². The third-order valence-corrected chi connectivity index (χ3v) is 5.48. The maximum atomic E-state index is 12.9. The van der Waals surface area contributed by atoms with Crippen LogP contribution in [0.1, 0.15) is 21.3 Å². The molecule has 0 aliphatic heterocycles. The lowest BCUT2D eigenvalue weighted by molar-refractivity contribution is -0.384. The van der Waals surface area contributed by atoms with E-state index >= 15 is 0 Å². The van der Waals surface area contributed by atoms with E-state index in [0.29, 0.717) is 21.8 Å². The molecule has 1 unspecified atom stereocenters. The van der Waals surface area contributed by atoms with Crippen molar-refractivity contribution in [3.05, 3.63) is 99.1 Å². The molecule has 0 amide bonds. The zero-order valence-corrected chi connectivity index (χ0v) is 16.3. The summed E-state index contributed by atoms with van der Waals surface area (Å²) in [4.78, 5) is 27.8. The van der Waals surface area contributed by atoms with Crippen molar-refractivity contribution in [3.8, 4) is 23.0 Å². The van der Waals surface area contributed by atoms with Crippen molar-refractivity contribution in [3.63, 3.8) is 0 Å². The quantitative estimate of drug-likeness (QED) is 0.251. The number of non-ortho nitro benzene ring substituents is 1. The first-order valence-electron chi connectivity index (χ1n) is 8.94. The average Bonchev–Trinajstić information content (AvgIpc) is 3.47. The van der Waals surface area contributed by atoms with Gasteiger partial charge in [0.05, 0.1) is 16.7 Å². The van der Waals surface area contributed by atoms with Crippen LogP contribution in [0.3, 0.4) is 0 Å². The molecule has 8 heteroatoms. The summed E-state index contributed by atoms with van der Waals surface area (Å²) in [7, 11) is 0. The molecule has 0 N–H and O–H groups in total. The van der Waals surface area contributed by atoms with Gasteiger partial charge in [0.1, 0.15) is 5.01 Å². The molecular formula is C22H14N4O3S. The van der Waals surface area contributed by atoms with Crippen molar-refractivity contribution in [1.82, 2.24) is 9.55 Å². The molecule has 0 bridgehead atoms. The third-order valence-electron chi connectivity index (χ3n) is 4.57. The summed E-state index contributed by atoms with van der Waals surface area (Å²) in [5.41, 5.74) is 2.34. The summed E-state index contributed by atoms with van der Waals surface area (Å²) in [5.74, 6) is -1.38. The lowest BCUT2D eigenvalue weighted by Crippen LogP contribution is -2.11. The average molecular weight is 414 g/mol. The van der Waals surface area contributed by atoms with Crippen molar-refractivity contribution < 1.29 is 9.72 Å². The molecule has 2 aromatic carbocycles. The van der Waals surface area contributed by atoms with Gasteiger partial charge in [-0.1, -0.05) is 12.1 Å². The number of nitriles is 1. The lowest BCUT2D eigenvalue weighted by Gasteiger charge is -2.07. The highest BCUT2D eigenvalue weighted by Crippen LogP contribution is 2.30. The van der Waals surface area contributed by atoms with Crippen LogP contribution in [0.25, 0.3) is 16.9 Å². The van der Waals surface area contributed by atoms with Gasteiger partial charge in [-0.25, -0.2) is 4.98 Å². The van der Waals surface area contributed by atoms with E-state index < -0.39 is 10.8 Å². The number of hydrogen-bond donors (Lipinski definition) is 0. The molecule has 0 fully saturated rings. The summed E-state index contributed by atoms with van der Waals surface area (Å²) in [6.45, 7) is 0. The molecule has 0 saturated carbocycles. The van der Waals surface area contributed by atoms with Gasteiger partial charge in [0.25, 0.3) is 5.69 Å². The third kappa shape index (κ3) is 3.74. The monoisotopic (exact) mass is 414 g/mol. The zero-order chi connectivity index (χ0) is 21.1. The van der Waals surface area contributed by atoms with E-state index in [4.69, 9.17) is 0 Å². The topological polar surface area (TPSA) is 102 Å². The first-order valence-corrected chi connectivity index (χ1v) is 9.82. The summed E-state index contributed by atoms with van der Waals surface area (Å²) in [5, 5.41) is 22.7. The number of hydrogen-bond acceptors (Lipinski definition) is 6. The van der Waals surface area contributed by atoms with Crippen molar-refractivity contribution in [2.24, 2.45) is 0 Å². The number of thiazole rings is 1. The Morgan fingerprint density at radius 2 is 1.87 bits per heavy atom. The van der Waals surface area contributed by atoms with Gasteiger partial charge in [-0.2, -0.15) is 5.26 Å². The Kier molecular flexibility index (Phi) is 5.20. The van der Waals surface area contributed by atoms with E-state index in [9.17, 15) is 20.2 Å². The number of ketones is 1. The number of benzene rings is 2. The van der Waals surface area contributed by atoms with Crippen LogP contribution >= 0.6 is 11.3 Å². The lowest BCUT2D eigenvalue weighted by atomic mass is 9.99. The number of nitro benzene ring substituents is 1. The Labute approximate surface area is 175 Å². The maximum Gasteiger partial charge on any atom is 0.270 e. The highest BCUT2D eigenvalue weighted by Gasteiger charge is 2.25. The minimum absolute atomic E-state index is 0.0438. The highest BCUT2D eigenvalue weighted by molar-refractivity contribution is 7.10. The molecule has 2 heterocycles. The number of carbonyl (C=O) groups excluding carboxylic acids is 1. The van der Waals surface area contributed by atoms with Gasteiger partial charge in [0.2, 0.25) is 0 Å². The smallest absolute Gasteiger partial charge is 0.270 e. The summed E-state index contributed by atoms with van der Waals surface area (Å²) in [6, 6.07) is 19.0. The van der Waals surface area contributed by atoms with Crippen molar-refractivity contribution in [2.45, 2.75) is 5.92 Å². The number of rotatable bonds is 6. The zero-order valence-electron chi connectivity index (χ0n) is 15.5. The molecule has 0 aliphatic carbocycles. The van der Waals surface area contributed by atoms with E-state index in [1.54, 1.807) is 29.6 Å². The van der Waals surface area contributed by atoms with E-state index in [-0.39, 0.29) is 11.5 Å². The van der Waals surface area contributed by atoms with Crippen molar-refractivity contribution >= 4 is 22.8 Å². The first kappa shape index (κ1) is 19.2. The normalized spacial score (nSPS) is 11.6. The summed E-state index contributed by atoms with van der Waals surface area (Å²) in [6.07, 6.45) is 3.81. The fraction of sp³-hybridized carbons (Fsp3) is 0.0455. The molecule has 7 nitrogen and oxygen atoms in total. The molecule has 0 radical (unpaired) electrons. The number of nitro groups is 1. The summed E-state index contributed by atoms with van der Waals surface area (Å²) >= 11 is 1.19. The van der Waals surface area contributed by atoms with Gasteiger partial charge in [-0.05, 0) is 36.4 Å². The molecule has 4 rings (SSSR count). The molecule has 1 atom stereocenters. The molecular weight excluding hydrogens is 400 g/mol. The second-order valence-electron chi connectivity index (χ2n) is 6.44. The predicted molar refractivity (Wildman–Crippen MR) is 113 cm³/mol. The van der Waals surface area contributed by atoms with E-state index in [2.05, 4.69) is 4.98 Å². The van der Waals surface area contributed by atoms with E-state index in [0.717, 1.165) is 5.69 Å². The highest BCUT2D eigenvalue weighted by atomic mass is 32.1. The van der Waals surface area contributed by atoms with Crippen LogP contribution < -0.4 is 0 Å². The molecule has 30 heavy (non-hydrogen) atoms. The van der Waals surface area contributed by atoms with Crippen LogP contribution in [0.15, 0.2) is 78.4 Å². The minimum Gasteiger partial charge on any atom is -0.324 e. The first-order chi connectivity index (χ1) is 14.6. The molecule has 146 valence electrons. The van der Waals surface area contributed by atoms with Crippen molar-refractivity contribution in [1.29, 1.82) is 5.26 Å². The van der Waals surface area contributed by atoms with Crippen LogP contribution in [0.4, 0.5) is 5.69 Å². The van der Waals surface area contributed by atoms with Gasteiger partial charge >= 0.3 is 0 Å². The van der Waals surface area contributed by atoms with Crippen LogP contribution in [-0.4, -0.2) is 20.3 Å². The fourth-order valence-electron chi connectivity index (χ4n) is 3.03. The van der Waals surface area contributed by atoms with Gasteiger partial charge in [0, 0.05) is 46.7 Å². The Bertz CT molecular complexity index is 1250. The van der Waals surface area contributed by atoms with Crippen LogP contribution in [-0.2, 0) is 0 Å². The van der Waals surface area contributed by atoms with Crippen LogP contribution in [0.5, 0.6) is 0 Å². The largest absolute Gasteiger partial charge is 0.324 e. The predicted octanol–water partition coefficient (Wildman–Crippen LogP) is 5.00. The number of Topliss-reactive ketones (excluding diaryl/α,β-unsaturated/α-hetero) is 1. The Morgan fingerprint density at radius 1 is 1.13 bits per heavy atom. The van der Waals surface area contributed by atoms with Crippen LogP contribution in [0, 0.1) is 21.4 Å². The SMILES string of the molecule is N#CC(C(=O)c1ccc(-n2cccc2)cc1)c1nc(-c2cccc([N+](=O)[O-])c2)cs1. The van der Waals surface area contributed by atoms with E-state index in [1.807, 2.05) is 47.3 Å². The van der Waals surface area contributed by atoms with Gasteiger partial charge in [-0.3, -0.25) is 14.9 Å². The van der Waals surface area contributed by atoms with Gasteiger partial charge < -0.3 is 4.57 Å². The maximum absolute atomic E-state index is 12.9. The van der Waals surface area contributed by atoms with Gasteiger partial charge in [0.15, 0.2) is 11.7 Å². The van der Waals surface area contributed by atoms with Crippen molar-refractivity contribution in [2.75, 3.05) is 0 Å². The number of aromatic nitrogens is 2. The number of nitrogens with zero attached hydrogens (tertiary/aromatic N) is 4. The fourth-order valence-corrected chi connectivity index (χ4v) is 3.90. The molecule has 0 saturated heterocycles. The minimum atomic E-state index is -1.04. The Morgan fingerprint density at radius 3 is 2.53 bits per heavy atom. The second-order valence-corrected chi connectivity index (χ2v) is 7.33. The number of carbonyl (C=O) groups is 1. The molecule has 2 aromatic heterocycles. The molecule has 0 spiro atoms. The Balaban J connectivity index is 1.59.